The fourth-order valence-electron chi connectivity index (χ4n) is 3.52. The standard InChI is InChI=1S/C20H29NO4/c1-25-18-10-6-5-9-16(18)13-17(20(23)24)14-21-19(22)12-11-15-7-3-2-4-8-15/h5-6,9-10,15,17H,2-4,7-8,11-14H2,1H3,(H,21,22)(H,23,24). The number of hydrogen-bond acceptors (Lipinski definition) is 3. The van der Waals surface area contributed by atoms with Gasteiger partial charge in [0.2, 0.25) is 5.91 Å². The van der Waals surface area contributed by atoms with Gasteiger partial charge < -0.3 is 15.2 Å². The van der Waals surface area contributed by atoms with Gasteiger partial charge in [0.15, 0.2) is 0 Å². The number of carboxylic acid groups (broad SMARTS) is 1. The summed E-state index contributed by atoms with van der Waals surface area (Å²) in [5.74, 6) is -0.272. The summed E-state index contributed by atoms with van der Waals surface area (Å²) in [7, 11) is 1.57. The maximum Gasteiger partial charge on any atom is 0.308 e. The first-order valence-corrected chi connectivity index (χ1v) is 9.21. The molecule has 0 radical (unpaired) electrons. The summed E-state index contributed by atoms with van der Waals surface area (Å²) in [6.45, 7) is 0.150. The van der Waals surface area contributed by atoms with Gasteiger partial charge in [-0.2, -0.15) is 0 Å². The van der Waals surface area contributed by atoms with Gasteiger partial charge in [-0.15, -0.1) is 0 Å². The molecule has 0 aromatic heterocycles. The lowest BCUT2D eigenvalue weighted by Gasteiger charge is -2.21. The number of carbonyl (C=O) groups is 2. The number of ether oxygens (including phenoxy) is 1. The van der Waals surface area contributed by atoms with Gasteiger partial charge in [0.25, 0.3) is 0 Å². The highest BCUT2D eigenvalue weighted by atomic mass is 16.5. The lowest BCUT2D eigenvalue weighted by molar-refractivity contribution is -0.141. The van der Waals surface area contributed by atoms with E-state index < -0.39 is 11.9 Å². The molecule has 1 amide bonds. The highest BCUT2D eigenvalue weighted by Crippen LogP contribution is 2.27. The number of amides is 1. The average molecular weight is 347 g/mol. The number of benzene rings is 1. The zero-order chi connectivity index (χ0) is 18.1. The molecule has 1 atom stereocenters. The molecule has 0 spiro atoms. The molecule has 1 unspecified atom stereocenters. The predicted molar refractivity (Wildman–Crippen MR) is 96.6 cm³/mol. The summed E-state index contributed by atoms with van der Waals surface area (Å²) in [4.78, 5) is 23.6. The second-order valence-electron chi connectivity index (χ2n) is 6.90. The number of rotatable bonds is 9. The topological polar surface area (TPSA) is 75.6 Å². The molecule has 25 heavy (non-hydrogen) atoms. The van der Waals surface area contributed by atoms with E-state index in [-0.39, 0.29) is 12.5 Å². The Balaban J connectivity index is 1.80. The maximum absolute atomic E-state index is 12.1. The highest BCUT2D eigenvalue weighted by Gasteiger charge is 2.21. The Kier molecular flexibility index (Phi) is 7.76. The van der Waals surface area contributed by atoms with E-state index >= 15 is 0 Å². The summed E-state index contributed by atoms with van der Waals surface area (Å²) in [5, 5.41) is 12.3. The van der Waals surface area contributed by atoms with Crippen LogP contribution in [-0.2, 0) is 16.0 Å². The van der Waals surface area contributed by atoms with Gasteiger partial charge in [-0.05, 0) is 30.4 Å². The summed E-state index contributed by atoms with van der Waals surface area (Å²) in [5.41, 5.74) is 0.842. The molecule has 2 rings (SSSR count). The molecule has 2 N–H and O–H groups in total. The largest absolute Gasteiger partial charge is 0.496 e. The van der Waals surface area contributed by atoms with Crippen molar-refractivity contribution in [3.05, 3.63) is 29.8 Å². The van der Waals surface area contributed by atoms with E-state index in [0.29, 0.717) is 24.5 Å². The van der Waals surface area contributed by atoms with Crippen molar-refractivity contribution >= 4 is 11.9 Å². The molecule has 1 aliphatic carbocycles. The van der Waals surface area contributed by atoms with Gasteiger partial charge in [-0.25, -0.2) is 0 Å². The molecule has 0 heterocycles. The SMILES string of the molecule is COc1ccccc1CC(CNC(=O)CCC1CCCCC1)C(=O)O. The summed E-state index contributed by atoms with van der Waals surface area (Å²) < 4.78 is 5.28. The summed E-state index contributed by atoms with van der Waals surface area (Å²) in [6, 6.07) is 7.39. The molecule has 5 heteroatoms. The van der Waals surface area contributed by atoms with Gasteiger partial charge in [0.05, 0.1) is 13.0 Å². The van der Waals surface area contributed by atoms with Crippen LogP contribution in [0.2, 0.25) is 0 Å². The predicted octanol–water partition coefficient (Wildman–Crippen LogP) is 3.42. The van der Waals surface area contributed by atoms with Crippen molar-refractivity contribution in [2.24, 2.45) is 11.8 Å². The van der Waals surface area contributed by atoms with E-state index in [1.165, 1.54) is 32.1 Å². The van der Waals surface area contributed by atoms with Crippen LogP contribution in [0.25, 0.3) is 0 Å². The van der Waals surface area contributed by atoms with E-state index in [1.54, 1.807) is 7.11 Å². The van der Waals surface area contributed by atoms with Crippen LogP contribution in [-0.4, -0.2) is 30.6 Å². The van der Waals surface area contributed by atoms with E-state index in [2.05, 4.69) is 5.32 Å². The molecule has 1 aliphatic rings. The minimum absolute atomic E-state index is 0.0446. The molecule has 0 bridgehead atoms. The number of methoxy groups -OCH3 is 1. The van der Waals surface area contributed by atoms with Crippen molar-refractivity contribution in [1.82, 2.24) is 5.32 Å². The molecule has 138 valence electrons. The zero-order valence-electron chi connectivity index (χ0n) is 15.0. The van der Waals surface area contributed by atoms with E-state index in [9.17, 15) is 14.7 Å². The van der Waals surface area contributed by atoms with Gasteiger partial charge in [-0.1, -0.05) is 50.3 Å². The Morgan fingerprint density at radius 2 is 1.96 bits per heavy atom. The molecule has 1 aromatic carbocycles. The monoisotopic (exact) mass is 347 g/mol. The highest BCUT2D eigenvalue weighted by molar-refractivity contribution is 5.77. The molecule has 0 aliphatic heterocycles. The van der Waals surface area contributed by atoms with Gasteiger partial charge >= 0.3 is 5.97 Å². The molecule has 5 nitrogen and oxygen atoms in total. The van der Waals surface area contributed by atoms with Crippen LogP contribution in [0.3, 0.4) is 0 Å². The van der Waals surface area contributed by atoms with Crippen LogP contribution >= 0.6 is 0 Å². The molecular weight excluding hydrogens is 318 g/mol. The number of carbonyl (C=O) groups excluding carboxylic acids is 1. The zero-order valence-corrected chi connectivity index (χ0v) is 15.0. The van der Waals surface area contributed by atoms with E-state index in [4.69, 9.17) is 4.74 Å². The van der Waals surface area contributed by atoms with Crippen LogP contribution in [0.4, 0.5) is 0 Å². The number of nitrogens with one attached hydrogen (secondary N) is 1. The number of carboxylic acids is 1. The molecule has 1 saturated carbocycles. The third-order valence-corrected chi connectivity index (χ3v) is 5.06. The first-order valence-electron chi connectivity index (χ1n) is 9.21. The third kappa shape index (κ3) is 6.40. The van der Waals surface area contributed by atoms with Crippen LogP contribution in [0.15, 0.2) is 24.3 Å². The van der Waals surface area contributed by atoms with Crippen molar-refractivity contribution in [1.29, 1.82) is 0 Å². The second-order valence-corrected chi connectivity index (χ2v) is 6.90. The fraction of sp³-hybridized carbons (Fsp3) is 0.600. The maximum atomic E-state index is 12.1. The second kappa shape index (κ2) is 10.1. The number of para-hydroxylation sites is 1. The minimum Gasteiger partial charge on any atom is -0.496 e. The Morgan fingerprint density at radius 3 is 2.64 bits per heavy atom. The van der Waals surface area contributed by atoms with E-state index in [0.717, 1.165) is 12.0 Å². The lowest BCUT2D eigenvalue weighted by Crippen LogP contribution is -2.34. The van der Waals surface area contributed by atoms with Gasteiger partial charge in [0, 0.05) is 13.0 Å². The Morgan fingerprint density at radius 1 is 1.24 bits per heavy atom. The molecule has 1 fully saturated rings. The van der Waals surface area contributed by atoms with Crippen LogP contribution < -0.4 is 10.1 Å². The van der Waals surface area contributed by atoms with Crippen molar-refractivity contribution in [2.75, 3.05) is 13.7 Å². The van der Waals surface area contributed by atoms with Crippen molar-refractivity contribution in [3.63, 3.8) is 0 Å². The normalized spacial score (nSPS) is 16.2. The first-order chi connectivity index (χ1) is 12.1. The smallest absolute Gasteiger partial charge is 0.308 e. The van der Waals surface area contributed by atoms with E-state index in [1.807, 2.05) is 24.3 Å². The summed E-state index contributed by atoms with van der Waals surface area (Å²) in [6.07, 6.45) is 8.03. The summed E-state index contributed by atoms with van der Waals surface area (Å²) >= 11 is 0. The van der Waals surface area contributed by atoms with Crippen LogP contribution in [0.1, 0.15) is 50.5 Å². The number of hydrogen-bond donors (Lipinski definition) is 2. The van der Waals surface area contributed by atoms with Gasteiger partial charge in [0.1, 0.15) is 5.75 Å². The Hall–Kier alpha value is -2.04. The van der Waals surface area contributed by atoms with Crippen LogP contribution in [0, 0.1) is 11.8 Å². The molecular formula is C20H29NO4. The van der Waals surface area contributed by atoms with Crippen molar-refractivity contribution in [2.45, 2.75) is 51.4 Å². The van der Waals surface area contributed by atoms with Crippen molar-refractivity contribution in [3.8, 4) is 5.75 Å². The molecule has 1 aromatic rings. The van der Waals surface area contributed by atoms with Crippen LogP contribution in [0.5, 0.6) is 5.75 Å². The lowest BCUT2D eigenvalue weighted by atomic mass is 9.86. The van der Waals surface area contributed by atoms with Gasteiger partial charge in [-0.3, -0.25) is 9.59 Å². The third-order valence-electron chi connectivity index (χ3n) is 5.06. The quantitative estimate of drug-likeness (QED) is 0.718. The Labute approximate surface area is 149 Å². The number of aliphatic carboxylic acids is 1. The first kappa shape index (κ1) is 19.3. The average Bonchev–Trinajstić information content (AvgIpc) is 2.64. The minimum atomic E-state index is -0.904. The fourth-order valence-corrected chi connectivity index (χ4v) is 3.52. The molecule has 0 saturated heterocycles. The Bertz CT molecular complexity index is 567. The van der Waals surface area contributed by atoms with Crippen molar-refractivity contribution < 1.29 is 19.4 Å².